The quantitative estimate of drug-likeness (QED) is 0.884. The lowest BCUT2D eigenvalue weighted by Gasteiger charge is -2.10. The number of anilines is 1. The first-order valence-electron chi connectivity index (χ1n) is 7.73. The molecule has 0 saturated carbocycles. The van der Waals surface area contributed by atoms with Gasteiger partial charge < -0.3 is 15.4 Å². The number of nitrogens with one attached hydrogen (secondary N) is 2. The van der Waals surface area contributed by atoms with Crippen molar-refractivity contribution in [2.24, 2.45) is 0 Å². The molecule has 2 amide bonds. The molecule has 0 spiro atoms. The molecular weight excluding hydrogens is 306 g/mol. The van der Waals surface area contributed by atoms with Gasteiger partial charge in [-0.3, -0.25) is 9.78 Å². The van der Waals surface area contributed by atoms with Crippen molar-refractivity contribution < 1.29 is 14.3 Å². The highest BCUT2D eigenvalue weighted by Gasteiger charge is 2.10. The molecular formula is C18H21N3O3. The number of pyridine rings is 1. The number of hydrogen-bond acceptors (Lipinski definition) is 4. The van der Waals surface area contributed by atoms with Crippen LogP contribution < -0.4 is 10.6 Å². The summed E-state index contributed by atoms with van der Waals surface area (Å²) in [6.07, 6.45) is 1.03. The Hall–Kier alpha value is -2.89. The number of benzene rings is 1. The van der Waals surface area contributed by atoms with Crippen molar-refractivity contribution in [3.8, 4) is 0 Å². The van der Waals surface area contributed by atoms with Crippen LogP contribution in [-0.2, 0) is 11.3 Å². The molecule has 126 valence electrons. The van der Waals surface area contributed by atoms with Crippen LogP contribution >= 0.6 is 0 Å². The van der Waals surface area contributed by atoms with Gasteiger partial charge >= 0.3 is 6.09 Å². The first-order valence-corrected chi connectivity index (χ1v) is 7.73. The molecule has 2 aromatic rings. The van der Waals surface area contributed by atoms with Gasteiger partial charge in [-0.05, 0) is 44.5 Å². The van der Waals surface area contributed by atoms with Crippen LogP contribution in [0.15, 0.2) is 36.5 Å². The molecule has 6 heteroatoms. The van der Waals surface area contributed by atoms with Crippen molar-refractivity contribution in [1.29, 1.82) is 0 Å². The summed E-state index contributed by atoms with van der Waals surface area (Å²) < 4.78 is 4.79. The summed E-state index contributed by atoms with van der Waals surface area (Å²) in [5, 5.41) is 5.46. The molecule has 24 heavy (non-hydrogen) atoms. The van der Waals surface area contributed by atoms with E-state index in [-0.39, 0.29) is 12.5 Å². The number of alkyl carbamates (subject to hydrolysis) is 1. The summed E-state index contributed by atoms with van der Waals surface area (Å²) in [6, 6.07) is 9.12. The second-order valence-electron chi connectivity index (χ2n) is 5.38. The van der Waals surface area contributed by atoms with Crippen molar-refractivity contribution >= 4 is 17.7 Å². The molecule has 0 aliphatic rings. The normalized spacial score (nSPS) is 10.1. The summed E-state index contributed by atoms with van der Waals surface area (Å²) in [6.45, 7) is 6.19. The maximum absolute atomic E-state index is 12.4. The molecule has 1 aromatic heterocycles. The van der Waals surface area contributed by atoms with Gasteiger partial charge in [-0.25, -0.2) is 4.79 Å². The molecule has 2 rings (SSSR count). The van der Waals surface area contributed by atoms with Gasteiger partial charge in [0.15, 0.2) is 0 Å². The zero-order valence-corrected chi connectivity index (χ0v) is 14.1. The van der Waals surface area contributed by atoms with Crippen molar-refractivity contribution in [2.75, 3.05) is 11.9 Å². The lowest BCUT2D eigenvalue weighted by Crippen LogP contribution is -2.24. The largest absolute Gasteiger partial charge is 0.450 e. The molecule has 0 bridgehead atoms. The fourth-order valence-electron chi connectivity index (χ4n) is 2.21. The van der Waals surface area contributed by atoms with Gasteiger partial charge in [0.25, 0.3) is 5.91 Å². The average Bonchev–Trinajstić information content (AvgIpc) is 2.56. The Kier molecular flexibility index (Phi) is 5.89. The SMILES string of the molecule is CCOC(=O)NCc1cc(C(=O)Nc2ccc(C)cc2C)ccn1. The number of nitrogens with zero attached hydrogens (tertiary/aromatic N) is 1. The summed E-state index contributed by atoms with van der Waals surface area (Å²) in [4.78, 5) is 27.8. The summed E-state index contributed by atoms with van der Waals surface area (Å²) in [5.74, 6) is -0.221. The van der Waals surface area contributed by atoms with Gasteiger partial charge in [-0.2, -0.15) is 0 Å². The van der Waals surface area contributed by atoms with E-state index >= 15 is 0 Å². The van der Waals surface area contributed by atoms with Crippen LogP contribution in [-0.4, -0.2) is 23.6 Å². The minimum Gasteiger partial charge on any atom is -0.450 e. The van der Waals surface area contributed by atoms with Gasteiger partial charge in [-0.15, -0.1) is 0 Å². The third-order valence-corrected chi connectivity index (χ3v) is 3.40. The Morgan fingerprint density at radius 2 is 1.96 bits per heavy atom. The Balaban J connectivity index is 2.04. The third kappa shape index (κ3) is 4.81. The van der Waals surface area contributed by atoms with Gasteiger partial charge in [0.05, 0.1) is 18.8 Å². The number of ether oxygens (including phenoxy) is 1. The number of amides is 2. The zero-order valence-electron chi connectivity index (χ0n) is 14.1. The number of aryl methyl sites for hydroxylation is 2. The molecule has 0 atom stereocenters. The van der Waals surface area contributed by atoms with Crippen LogP contribution in [0.1, 0.15) is 34.1 Å². The Labute approximate surface area is 141 Å². The minimum absolute atomic E-state index is 0.198. The maximum Gasteiger partial charge on any atom is 0.407 e. The summed E-state index contributed by atoms with van der Waals surface area (Å²) in [7, 11) is 0. The molecule has 6 nitrogen and oxygen atoms in total. The van der Waals surface area contributed by atoms with Crippen LogP contribution in [0.25, 0.3) is 0 Å². The van der Waals surface area contributed by atoms with E-state index < -0.39 is 6.09 Å². The number of rotatable bonds is 5. The number of hydrogen-bond donors (Lipinski definition) is 2. The summed E-state index contributed by atoms with van der Waals surface area (Å²) >= 11 is 0. The molecule has 0 aliphatic heterocycles. The molecule has 1 heterocycles. The zero-order chi connectivity index (χ0) is 17.5. The lowest BCUT2D eigenvalue weighted by atomic mass is 10.1. The van der Waals surface area contributed by atoms with E-state index in [0.717, 1.165) is 16.8 Å². The molecule has 0 saturated heterocycles. The highest BCUT2D eigenvalue weighted by Crippen LogP contribution is 2.17. The van der Waals surface area contributed by atoms with Crippen LogP contribution in [0.3, 0.4) is 0 Å². The molecule has 0 unspecified atom stereocenters. The molecule has 0 fully saturated rings. The van der Waals surface area contributed by atoms with Gasteiger partial charge in [0, 0.05) is 17.4 Å². The van der Waals surface area contributed by atoms with Crippen LogP contribution in [0.2, 0.25) is 0 Å². The van der Waals surface area contributed by atoms with E-state index in [1.165, 1.54) is 0 Å². The van der Waals surface area contributed by atoms with Crippen molar-refractivity contribution in [1.82, 2.24) is 10.3 Å². The fourth-order valence-corrected chi connectivity index (χ4v) is 2.21. The lowest BCUT2D eigenvalue weighted by molar-refractivity contribution is 0.102. The average molecular weight is 327 g/mol. The van der Waals surface area contributed by atoms with Crippen LogP contribution in [0, 0.1) is 13.8 Å². The first kappa shape index (κ1) is 17.5. The Bertz CT molecular complexity index is 744. The monoisotopic (exact) mass is 327 g/mol. The van der Waals surface area contributed by atoms with E-state index in [4.69, 9.17) is 4.74 Å². The van der Waals surface area contributed by atoms with E-state index in [1.807, 2.05) is 32.0 Å². The molecule has 1 aromatic carbocycles. The van der Waals surface area contributed by atoms with Gasteiger partial charge in [-0.1, -0.05) is 17.7 Å². The Morgan fingerprint density at radius 1 is 1.17 bits per heavy atom. The highest BCUT2D eigenvalue weighted by molar-refractivity contribution is 6.04. The van der Waals surface area contributed by atoms with Gasteiger partial charge in [0.1, 0.15) is 0 Å². The maximum atomic E-state index is 12.4. The predicted octanol–water partition coefficient (Wildman–Crippen LogP) is 3.20. The van der Waals surface area contributed by atoms with Crippen molar-refractivity contribution in [2.45, 2.75) is 27.3 Å². The van der Waals surface area contributed by atoms with E-state index in [1.54, 1.807) is 25.3 Å². The smallest absolute Gasteiger partial charge is 0.407 e. The molecule has 0 aliphatic carbocycles. The third-order valence-electron chi connectivity index (χ3n) is 3.40. The topological polar surface area (TPSA) is 80.3 Å². The first-order chi connectivity index (χ1) is 11.5. The molecule has 0 radical (unpaired) electrons. The number of carbonyl (C=O) groups is 2. The number of aromatic nitrogens is 1. The highest BCUT2D eigenvalue weighted by atomic mass is 16.5. The second kappa shape index (κ2) is 8.10. The van der Waals surface area contributed by atoms with Gasteiger partial charge in [0.2, 0.25) is 0 Å². The van der Waals surface area contributed by atoms with E-state index in [9.17, 15) is 9.59 Å². The van der Waals surface area contributed by atoms with Crippen LogP contribution in [0.4, 0.5) is 10.5 Å². The summed E-state index contributed by atoms with van der Waals surface area (Å²) in [5.41, 5.74) is 3.97. The van der Waals surface area contributed by atoms with Crippen LogP contribution in [0.5, 0.6) is 0 Å². The molecule has 2 N–H and O–H groups in total. The van der Waals surface area contributed by atoms with Crippen molar-refractivity contribution in [3.63, 3.8) is 0 Å². The van der Waals surface area contributed by atoms with E-state index in [0.29, 0.717) is 17.9 Å². The van der Waals surface area contributed by atoms with Crippen molar-refractivity contribution in [3.05, 3.63) is 58.9 Å². The van der Waals surface area contributed by atoms with E-state index in [2.05, 4.69) is 15.6 Å². The Morgan fingerprint density at radius 3 is 2.67 bits per heavy atom. The minimum atomic E-state index is -0.510. The fraction of sp³-hybridized carbons (Fsp3) is 0.278. The second-order valence-corrected chi connectivity index (χ2v) is 5.38. The number of carbonyl (C=O) groups excluding carboxylic acids is 2. The predicted molar refractivity (Wildman–Crippen MR) is 92.0 cm³/mol. The standard InChI is InChI=1S/C18H21N3O3/c1-4-24-18(23)20-11-15-10-14(7-8-19-15)17(22)21-16-6-5-12(2)9-13(16)3/h5-10H,4,11H2,1-3H3,(H,20,23)(H,21,22).